The topological polar surface area (TPSA) is 61.7 Å². The molecule has 1 aliphatic rings. The summed E-state index contributed by atoms with van der Waals surface area (Å²) in [7, 11) is 0. The molecule has 0 atom stereocenters. The molecule has 1 aliphatic carbocycles. The van der Waals surface area contributed by atoms with Gasteiger partial charge in [-0.25, -0.2) is 15.0 Å². The van der Waals surface area contributed by atoms with E-state index in [4.69, 9.17) is 19.4 Å². The average Bonchev–Trinajstić information content (AvgIpc) is 4.04. The summed E-state index contributed by atoms with van der Waals surface area (Å²) in [4.78, 5) is 15.6. The van der Waals surface area contributed by atoms with Crippen LogP contribution in [0.2, 0.25) is 0 Å². The number of rotatable bonds is 5. The number of hydrogen-bond donors (Lipinski definition) is 0. The molecule has 0 radical (unpaired) electrons. The van der Waals surface area contributed by atoms with E-state index in [0.29, 0.717) is 17.5 Å². The van der Waals surface area contributed by atoms with E-state index >= 15 is 0 Å². The summed E-state index contributed by atoms with van der Waals surface area (Å²) in [6.45, 7) is 0. The molecule has 304 valence electrons. The summed E-state index contributed by atoms with van der Waals surface area (Å²) < 4.78 is 11.8. The Bertz CT molecular complexity index is 4040. The van der Waals surface area contributed by atoms with E-state index in [1.54, 1.807) is 0 Å². The summed E-state index contributed by atoms with van der Waals surface area (Å²) in [6, 6.07) is 66.6. The van der Waals surface area contributed by atoms with E-state index < -0.39 is 0 Å². The molecular formula is C59H37N5O. The second kappa shape index (κ2) is 13.9. The van der Waals surface area contributed by atoms with E-state index in [1.165, 1.54) is 54.7 Å². The van der Waals surface area contributed by atoms with Gasteiger partial charge in [-0.3, -0.25) is 0 Å². The second-order valence-corrected chi connectivity index (χ2v) is 17.1. The monoisotopic (exact) mass is 831 g/mol. The van der Waals surface area contributed by atoms with Crippen LogP contribution in [0.4, 0.5) is 0 Å². The van der Waals surface area contributed by atoms with Gasteiger partial charge in [0.15, 0.2) is 17.5 Å². The molecule has 13 aromatic rings. The predicted molar refractivity (Wildman–Crippen MR) is 267 cm³/mol. The molecule has 0 bridgehead atoms. The highest BCUT2D eigenvalue weighted by molar-refractivity contribution is 6.20. The fraction of sp³-hybridized carbons (Fsp3) is 0.0339. The van der Waals surface area contributed by atoms with Crippen LogP contribution < -0.4 is 0 Å². The zero-order chi connectivity index (χ0) is 42.6. The third-order valence-corrected chi connectivity index (χ3v) is 13.4. The highest BCUT2D eigenvalue weighted by Gasteiger charge is 2.25. The van der Waals surface area contributed by atoms with Crippen molar-refractivity contribution in [1.29, 1.82) is 0 Å². The summed E-state index contributed by atoms with van der Waals surface area (Å²) >= 11 is 0. The zero-order valence-corrected chi connectivity index (χ0v) is 35.1. The van der Waals surface area contributed by atoms with Crippen molar-refractivity contribution in [2.45, 2.75) is 12.8 Å². The average molecular weight is 832 g/mol. The summed E-state index contributed by atoms with van der Waals surface area (Å²) in [5.41, 5.74) is 12.7. The predicted octanol–water partition coefficient (Wildman–Crippen LogP) is 15.1. The Balaban J connectivity index is 0.991. The maximum atomic E-state index is 6.86. The van der Waals surface area contributed by atoms with Crippen LogP contribution in [0, 0.1) is 0 Å². The molecule has 6 heteroatoms. The maximum absolute atomic E-state index is 6.86. The number of allylic oxidation sites excluding steroid dienone is 1. The number of furan rings is 1. The third kappa shape index (κ3) is 5.50. The van der Waals surface area contributed by atoms with Crippen LogP contribution in [0.1, 0.15) is 17.7 Å². The molecule has 0 N–H and O–H groups in total. The minimum absolute atomic E-state index is 0.595. The Morgan fingerprint density at radius 1 is 0.431 bits per heavy atom. The lowest BCUT2D eigenvalue weighted by atomic mass is 10.0. The Hall–Kier alpha value is -8.61. The van der Waals surface area contributed by atoms with E-state index in [-0.39, 0.29) is 0 Å². The summed E-state index contributed by atoms with van der Waals surface area (Å²) in [6.07, 6.45) is 6.55. The Morgan fingerprint density at radius 3 is 1.85 bits per heavy atom. The molecule has 0 fully saturated rings. The van der Waals surface area contributed by atoms with Gasteiger partial charge in [0.25, 0.3) is 0 Å². The molecule has 9 aromatic carbocycles. The highest BCUT2D eigenvalue weighted by Crippen LogP contribution is 2.44. The van der Waals surface area contributed by atoms with Crippen LogP contribution in [-0.4, -0.2) is 24.1 Å². The first-order chi connectivity index (χ1) is 32.2. The van der Waals surface area contributed by atoms with Gasteiger partial charge in [0.1, 0.15) is 11.2 Å². The lowest BCUT2D eigenvalue weighted by Gasteiger charge is -2.15. The van der Waals surface area contributed by atoms with Gasteiger partial charge in [-0.15, -0.1) is 0 Å². The van der Waals surface area contributed by atoms with Crippen LogP contribution in [0.5, 0.6) is 0 Å². The third-order valence-electron chi connectivity index (χ3n) is 13.4. The molecule has 0 saturated heterocycles. The molecule has 6 nitrogen and oxygen atoms in total. The first-order valence-corrected chi connectivity index (χ1v) is 22.2. The van der Waals surface area contributed by atoms with Gasteiger partial charge < -0.3 is 13.6 Å². The van der Waals surface area contributed by atoms with Crippen molar-refractivity contribution in [1.82, 2.24) is 24.1 Å². The largest absolute Gasteiger partial charge is 0.456 e. The summed E-state index contributed by atoms with van der Waals surface area (Å²) in [5, 5.41) is 10.3. The number of para-hydroxylation sites is 2. The quantitative estimate of drug-likeness (QED) is 0.173. The molecule has 0 spiro atoms. The lowest BCUT2D eigenvalue weighted by Crippen LogP contribution is -2.04. The number of fused-ring (bicyclic) bond motifs is 12. The molecule has 0 saturated carbocycles. The van der Waals surface area contributed by atoms with Crippen molar-refractivity contribution in [3.8, 4) is 45.5 Å². The normalized spacial score (nSPS) is 12.7. The molecule has 0 unspecified atom stereocenters. The molecule has 65 heavy (non-hydrogen) atoms. The van der Waals surface area contributed by atoms with Crippen molar-refractivity contribution in [2.75, 3.05) is 0 Å². The second-order valence-electron chi connectivity index (χ2n) is 17.1. The van der Waals surface area contributed by atoms with Gasteiger partial charge >= 0.3 is 0 Å². The van der Waals surface area contributed by atoms with Crippen LogP contribution in [-0.2, 0) is 6.42 Å². The standard InChI is InChI=1S/C59H37N5O/c1-2-17-42(18-3-1)63-50-22-10-8-19-44(50)46-31-32-47-45-20-9-11-23-51(45)64(56(47)55(46)63)43-29-30-48-53(35-43)65-52-24-12-21-49(54(48)52)59-61-57(40-27-25-36-13-4-6-15-38(36)33-40)60-58(62-59)41-28-26-37-14-5-7-16-39(37)34-41/h1-10,12-22,24-35H,11,23H2. The molecule has 4 aromatic heterocycles. The van der Waals surface area contributed by atoms with Crippen LogP contribution >= 0.6 is 0 Å². The number of nitrogens with zero attached hydrogens (tertiary/aromatic N) is 5. The Kier molecular flexibility index (Phi) is 7.71. The van der Waals surface area contributed by atoms with Gasteiger partial charge in [0.2, 0.25) is 0 Å². The Labute approximate surface area is 373 Å². The van der Waals surface area contributed by atoms with Crippen molar-refractivity contribution >= 4 is 82.3 Å². The SMILES string of the molecule is C1=Cc2c(n(-c3ccc4c(c3)oc3cccc(-c5nc(-c6ccc7ccccc7c6)nc(-c6ccc7ccccc7c6)n5)c34)c3c2ccc2c4ccccc4n(-c4ccccc4)c23)CC1. The molecule has 0 amide bonds. The fourth-order valence-electron chi connectivity index (χ4n) is 10.4. The smallest absolute Gasteiger partial charge is 0.164 e. The maximum Gasteiger partial charge on any atom is 0.164 e. The van der Waals surface area contributed by atoms with Crippen LogP contribution in [0.15, 0.2) is 199 Å². The van der Waals surface area contributed by atoms with E-state index in [1.807, 2.05) is 12.1 Å². The first kappa shape index (κ1) is 35.9. The summed E-state index contributed by atoms with van der Waals surface area (Å²) in [5.74, 6) is 1.83. The van der Waals surface area contributed by atoms with Crippen molar-refractivity contribution in [3.63, 3.8) is 0 Å². The highest BCUT2D eigenvalue weighted by atomic mass is 16.3. The molecule has 14 rings (SSSR count). The van der Waals surface area contributed by atoms with E-state index in [2.05, 4.69) is 197 Å². The van der Waals surface area contributed by atoms with Crippen molar-refractivity contribution < 1.29 is 4.42 Å². The van der Waals surface area contributed by atoms with Gasteiger partial charge in [-0.05, 0) is 82.9 Å². The number of benzene rings is 9. The Morgan fingerprint density at radius 2 is 1.08 bits per heavy atom. The first-order valence-electron chi connectivity index (χ1n) is 22.2. The molecular weight excluding hydrogens is 795 g/mol. The minimum atomic E-state index is 0.595. The molecule has 4 heterocycles. The van der Waals surface area contributed by atoms with Gasteiger partial charge in [-0.2, -0.15) is 0 Å². The van der Waals surface area contributed by atoms with E-state index in [9.17, 15) is 0 Å². The van der Waals surface area contributed by atoms with Crippen molar-refractivity contribution in [3.05, 3.63) is 205 Å². The van der Waals surface area contributed by atoms with Gasteiger partial charge in [-0.1, -0.05) is 146 Å². The van der Waals surface area contributed by atoms with E-state index in [0.717, 1.165) is 73.6 Å². The fourth-order valence-corrected chi connectivity index (χ4v) is 10.4. The minimum Gasteiger partial charge on any atom is -0.456 e. The number of aromatic nitrogens is 5. The van der Waals surface area contributed by atoms with Gasteiger partial charge in [0.05, 0.1) is 16.6 Å². The van der Waals surface area contributed by atoms with Crippen LogP contribution in [0.25, 0.3) is 128 Å². The van der Waals surface area contributed by atoms with Gasteiger partial charge in [0, 0.05) is 72.3 Å². The lowest BCUT2D eigenvalue weighted by molar-refractivity contribution is 0.668. The molecule has 0 aliphatic heterocycles. The number of hydrogen-bond acceptors (Lipinski definition) is 4. The zero-order valence-electron chi connectivity index (χ0n) is 35.1. The van der Waals surface area contributed by atoms with Crippen LogP contribution in [0.3, 0.4) is 0 Å². The van der Waals surface area contributed by atoms with Crippen molar-refractivity contribution in [2.24, 2.45) is 0 Å².